The predicted octanol–water partition coefficient (Wildman–Crippen LogP) is 4.39. The summed E-state index contributed by atoms with van der Waals surface area (Å²) in [6.45, 7) is -0.629. The Morgan fingerprint density at radius 1 is 1.29 bits per heavy atom. The van der Waals surface area contributed by atoms with Gasteiger partial charge in [0.05, 0.1) is 21.3 Å². The number of amides is 2. The zero-order valence-electron chi connectivity index (χ0n) is 15.5. The standard InChI is InChI=1S/C19H12Cl2N4O5S/c20-10-1-3-13(21)12(5-10)14-9-31-19(22-14)23-17(26)7-24-15-6-11(25(28)29)2-4-16(15)30-8-18(24)27/h1-6,9H,7-8H2,(H,22,23,26). The van der Waals surface area contributed by atoms with Crippen LogP contribution in [0.25, 0.3) is 11.3 Å². The van der Waals surface area contributed by atoms with Crippen molar-refractivity contribution in [1.29, 1.82) is 0 Å². The fourth-order valence-corrected chi connectivity index (χ4v) is 4.04. The van der Waals surface area contributed by atoms with Gasteiger partial charge >= 0.3 is 0 Å². The van der Waals surface area contributed by atoms with Gasteiger partial charge in [0, 0.05) is 28.1 Å². The maximum absolute atomic E-state index is 12.6. The van der Waals surface area contributed by atoms with E-state index in [0.29, 0.717) is 26.4 Å². The molecule has 2 heterocycles. The molecule has 0 fully saturated rings. The van der Waals surface area contributed by atoms with Gasteiger partial charge < -0.3 is 10.1 Å². The summed E-state index contributed by atoms with van der Waals surface area (Å²) in [5.41, 5.74) is 1.10. The molecule has 1 aliphatic rings. The molecule has 2 aromatic carbocycles. The van der Waals surface area contributed by atoms with E-state index in [0.717, 1.165) is 4.90 Å². The smallest absolute Gasteiger partial charge is 0.271 e. The number of nitrogens with zero attached hydrogens (tertiary/aromatic N) is 3. The molecule has 31 heavy (non-hydrogen) atoms. The van der Waals surface area contributed by atoms with Crippen LogP contribution < -0.4 is 15.0 Å². The van der Waals surface area contributed by atoms with Crippen LogP contribution in [0.5, 0.6) is 5.75 Å². The number of thiazole rings is 1. The van der Waals surface area contributed by atoms with Crippen LogP contribution in [0.3, 0.4) is 0 Å². The van der Waals surface area contributed by atoms with E-state index in [4.69, 9.17) is 27.9 Å². The quantitative estimate of drug-likeness (QED) is 0.429. The summed E-state index contributed by atoms with van der Waals surface area (Å²) < 4.78 is 5.29. The van der Waals surface area contributed by atoms with Gasteiger partial charge in [0.2, 0.25) is 5.91 Å². The molecule has 1 aromatic heterocycles. The topological polar surface area (TPSA) is 115 Å². The van der Waals surface area contributed by atoms with E-state index >= 15 is 0 Å². The zero-order valence-corrected chi connectivity index (χ0v) is 17.8. The van der Waals surface area contributed by atoms with E-state index in [2.05, 4.69) is 10.3 Å². The van der Waals surface area contributed by atoms with Crippen molar-refractivity contribution in [1.82, 2.24) is 4.98 Å². The number of rotatable bonds is 5. The molecule has 0 bridgehead atoms. The number of nitro benzene ring substituents is 1. The van der Waals surface area contributed by atoms with Crippen LogP contribution in [0.15, 0.2) is 41.8 Å². The molecule has 2 amide bonds. The molecule has 12 heteroatoms. The van der Waals surface area contributed by atoms with Gasteiger partial charge in [0.1, 0.15) is 12.3 Å². The second-order valence-electron chi connectivity index (χ2n) is 6.39. The lowest BCUT2D eigenvalue weighted by atomic mass is 10.2. The van der Waals surface area contributed by atoms with E-state index in [1.54, 1.807) is 23.6 Å². The average Bonchev–Trinajstić information content (AvgIpc) is 3.19. The molecule has 4 rings (SSSR count). The zero-order chi connectivity index (χ0) is 22.1. The minimum atomic E-state index is -0.588. The number of benzene rings is 2. The van der Waals surface area contributed by atoms with Crippen LogP contribution in [0.2, 0.25) is 10.0 Å². The van der Waals surface area contributed by atoms with Crippen molar-refractivity contribution in [3.8, 4) is 17.0 Å². The SMILES string of the molecule is O=C(CN1C(=O)COc2ccc([N+](=O)[O-])cc21)Nc1nc(-c2cc(Cl)ccc2Cl)cs1. The third kappa shape index (κ3) is 4.46. The number of aromatic nitrogens is 1. The molecule has 9 nitrogen and oxygen atoms in total. The van der Waals surface area contributed by atoms with Gasteiger partial charge in [0.25, 0.3) is 11.6 Å². The molecule has 1 N–H and O–H groups in total. The molecule has 3 aromatic rings. The molecule has 0 atom stereocenters. The first-order valence-corrected chi connectivity index (χ1v) is 10.4. The lowest BCUT2D eigenvalue weighted by Crippen LogP contribution is -2.43. The van der Waals surface area contributed by atoms with Crippen LogP contribution in [0.1, 0.15) is 0 Å². The molecule has 1 aliphatic heterocycles. The van der Waals surface area contributed by atoms with Gasteiger partial charge in [-0.2, -0.15) is 0 Å². The summed E-state index contributed by atoms with van der Waals surface area (Å²) in [4.78, 5) is 40.8. The lowest BCUT2D eigenvalue weighted by molar-refractivity contribution is -0.384. The van der Waals surface area contributed by atoms with Gasteiger partial charge in [-0.3, -0.25) is 24.6 Å². The Balaban J connectivity index is 1.52. The molecule has 0 saturated carbocycles. The first-order valence-electron chi connectivity index (χ1n) is 8.74. The van der Waals surface area contributed by atoms with Crippen LogP contribution in [0.4, 0.5) is 16.5 Å². The highest BCUT2D eigenvalue weighted by molar-refractivity contribution is 7.14. The lowest BCUT2D eigenvalue weighted by Gasteiger charge is -2.28. The second-order valence-corrected chi connectivity index (χ2v) is 8.09. The van der Waals surface area contributed by atoms with Crippen LogP contribution >= 0.6 is 34.5 Å². The van der Waals surface area contributed by atoms with Crippen LogP contribution in [-0.2, 0) is 9.59 Å². The maximum Gasteiger partial charge on any atom is 0.271 e. The highest BCUT2D eigenvalue weighted by atomic mass is 35.5. The van der Waals surface area contributed by atoms with Crippen molar-refractivity contribution < 1.29 is 19.2 Å². The summed E-state index contributed by atoms with van der Waals surface area (Å²) >= 11 is 13.4. The van der Waals surface area contributed by atoms with Gasteiger partial charge in [-0.25, -0.2) is 4.98 Å². The third-order valence-electron chi connectivity index (χ3n) is 4.35. The normalized spacial score (nSPS) is 12.8. The average molecular weight is 479 g/mol. The Morgan fingerprint density at radius 3 is 2.87 bits per heavy atom. The third-order valence-corrected chi connectivity index (χ3v) is 5.68. The molecule has 0 saturated heterocycles. The van der Waals surface area contributed by atoms with E-state index in [9.17, 15) is 19.7 Å². The van der Waals surface area contributed by atoms with Gasteiger partial charge in [-0.05, 0) is 24.3 Å². The summed E-state index contributed by atoms with van der Waals surface area (Å²) in [6.07, 6.45) is 0. The molecular weight excluding hydrogens is 467 g/mol. The fraction of sp³-hybridized carbons (Fsp3) is 0.105. The van der Waals surface area contributed by atoms with E-state index in [-0.39, 0.29) is 30.3 Å². The van der Waals surface area contributed by atoms with Crippen molar-refractivity contribution in [3.05, 3.63) is 61.9 Å². The highest BCUT2D eigenvalue weighted by Crippen LogP contribution is 2.35. The van der Waals surface area contributed by atoms with Gasteiger partial charge in [-0.15, -0.1) is 11.3 Å². The minimum absolute atomic E-state index is 0.158. The number of nitro groups is 1. The van der Waals surface area contributed by atoms with Crippen molar-refractivity contribution >= 4 is 62.9 Å². The molecule has 158 valence electrons. The molecule has 0 unspecified atom stereocenters. The number of non-ortho nitro benzene ring substituents is 1. The number of hydrogen-bond donors (Lipinski definition) is 1. The highest BCUT2D eigenvalue weighted by Gasteiger charge is 2.29. The van der Waals surface area contributed by atoms with Crippen molar-refractivity contribution in [3.63, 3.8) is 0 Å². The van der Waals surface area contributed by atoms with Crippen LogP contribution in [-0.4, -0.2) is 34.9 Å². The molecular formula is C19H12Cl2N4O5S. The Morgan fingerprint density at radius 2 is 2.10 bits per heavy atom. The van der Waals surface area contributed by atoms with E-state index < -0.39 is 16.7 Å². The first kappa shape index (κ1) is 21.0. The molecule has 0 aliphatic carbocycles. The number of nitrogens with one attached hydrogen (secondary N) is 1. The van der Waals surface area contributed by atoms with Crippen molar-refractivity contribution in [2.24, 2.45) is 0 Å². The Bertz CT molecular complexity index is 1220. The number of halogens is 2. The summed E-state index contributed by atoms with van der Waals surface area (Å²) in [6, 6.07) is 8.84. The summed E-state index contributed by atoms with van der Waals surface area (Å²) in [5, 5.41) is 16.7. The number of carbonyl (C=O) groups is 2. The number of anilines is 2. The van der Waals surface area contributed by atoms with E-state index in [1.165, 1.54) is 29.5 Å². The largest absolute Gasteiger partial charge is 0.482 e. The fourth-order valence-electron chi connectivity index (χ4n) is 2.93. The Hall–Kier alpha value is -3.21. The Labute approximate surface area is 189 Å². The number of ether oxygens (including phenoxy) is 1. The van der Waals surface area contributed by atoms with Gasteiger partial charge in [0.15, 0.2) is 11.7 Å². The first-order chi connectivity index (χ1) is 14.8. The van der Waals surface area contributed by atoms with Gasteiger partial charge in [-0.1, -0.05) is 23.2 Å². The summed E-state index contributed by atoms with van der Waals surface area (Å²) in [5.74, 6) is -0.732. The predicted molar refractivity (Wildman–Crippen MR) is 117 cm³/mol. The minimum Gasteiger partial charge on any atom is -0.482 e. The van der Waals surface area contributed by atoms with Crippen LogP contribution in [0, 0.1) is 10.1 Å². The number of fused-ring (bicyclic) bond motifs is 1. The van der Waals surface area contributed by atoms with Crippen molar-refractivity contribution in [2.45, 2.75) is 0 Å². The second kappa shape index (κ2) is 8.50. The summed E-state index contributed by atoms with van der Waals surface area (Å²) in [7, 11) is 0. The molecule has 0 spiro atoms. The maximum atomic E-state index is 12.6. The number of carbonyl (C=O) groups excluding carboxylic acids is 2. The Kier molecular flexibility index (Phi) is 5.77. The van der Waals surface area contributed by atoms with Crippen molar-refractivity contribution in [2.75, 3.05) is 23.4 Å². The number of hydrogen-bond acceptors (Lipinski definition) is 7. The van der Waals surface area contributed by atoms with E-state index in [1.807, 2.05) is 0 Å². The monoisotopic (exact) mass is 478 g/mol. The molecule has 0 radical (unpaired) electrons.